The SMILES string of the molecule is CCCc1ccc(C(=O)COC(=O)c2cccc(N3C(=O)CCC3=O)c2)cc1. The Morgan fingerprint density at radius 3 is 2.29 bits per heavy atom. The van der Waals surface area contributed by atoms with Gasteiger partial charge in [-0.15, -0.1) is 0 Å². The van der Waals surface area contributed by atoms with Gasteiger partial charge >= 0.3 is 5.97 Å². The molecule has 2 aromatic rings. The number of ketones is 1. The van der Waals surface area contributed by atoms with E-state index in [1.165, 1.54) is 12.1 Å². The maximum absolute atomic E-state index is 12.3. The first kappa shape index (κ1) is 19.5. The van der Waals surface area contributed by atoms with Gasteiger partial charge in [0.05, 0.1) is 11.3 Å². The summed E-state index contributed by atoms with van der Waals surface area (Å²) in [6, 6.07) is 13.3. The number of nitrogens with zero attached hydrogens (tertiary/aromatic N) is 1. The zero-order chi connectivity index (χ0) is 20.1. The van der Waals surface area contributed by atoms with E-state index in [1.54, 1.807) is 24.3 Å². The molecule has 2 aromatic carbocycles. The molecule has 0 N–H and O–H groups in total. The zero-order valence-corrected chi connectivity index (χ0v) is 15.6. The number of benzene rings is 2. The van der Waals surface area contributed by atoms with Gasteiger partial charge in [0.2, 0.25) is 11.8 Å². The van der Waals surface area contributed by atoms with E-state index in [-0.39, 0.29) is 42.6 Å². The van der Waals surface area contributed by atoms with Gasteiger partial charge in [-0.3, -0.25) is 19.3 Å². The van der Waals surface area contributed by atoms with Crippen molar-refractivity contribution in [2.75, 3.05) is 11.5 Å². The van der Waals surface area contributed by atoms with Crippen LogP contribution in [-0.2, 0) is 20.7 Å². The van der Waals surface area contributed by atoms with Gasteiger partial charge < -0.3 is 4.74 Å². The molecule has 6 heteroatoms. The van der Waals surface area contributed by atoms with Crippen molar-refractivity contribution < 1.29 is 23.9 Å². The summed E-state index contributed by atoms with van der Waals surface area (Å²) in [6.45, 7) is 1.71. The monoisotopic (exact) mass is 379 g/mol. The first-order valence-corrected chi connectivity index (χ1v) is 9.24. The molecule has 2 amide bonds. The second-order valence-electron chi connectivity index (χ2n) is 6.62. The van der Waals surface area contributed by atoms with E-state index in [2.05, 4.69) is 6.92 Å². The fourth-order valence-electron chi connectivity index (χ4n) is 3.08. The highest BCUT2D eigenvalue weighted by Crippen LogP contribution is 2.23. The molecule has 0 aliphatic carbocycles. The Hall–Kier alpha value is -3.28. The highest BCUT2D eigenvalue weighted by atomic mass is 16.5. The molecule has 0 saturated carbocycles. The molecule has 1 aliphatic heterocycles. The molecule has 0 unspecified atom stereocenters. The number of anilines is 1. The summed E-state index contributed by atoms with van der Waals surface area (Å²) >= 11 is 0. The van der Waals surface area contributed by atoms with Crippen LogP contribution in [-0.4, -0.2) is 30.2 Å². The summed E-state index contributed by atoms with van der Waals surface area (Å²) in [5, 5.41) is 0. The van der Waals surface area contributed by atoms with Crippen LogP contribution in [0.1, 0.15) is 52.5 Å². The average Bonchev–Trinajstić information content (AvgIpc) is 3.05. The molecule has 0 spiro atoms. The molecule has 0 radical (unpaired) electrons. The van der Waals surface area contributed by atoms with Crippen LogP contribution in [0.5, 0.6) is 0 Å². The van der Waals surface area contributed by atoms with Crippen molar-refractivity contribution in [2.24, 2.45) is 0 Å². The number of amides is 2. The Morgan fingerprint density at radius 2 is 1.64 bits per heavy atom. The van der Waals surface area contributed by atoms with Gasteiger partial charge in [0.25, 0.3) is 0 Å². The fraction of sp³-hybridized carbons (Fsp3) is 0.273. The third-order valence-corrected chi connectivity index (χ3v) is 4.54. The maximum Gasteiger partial charge on any atom is 0.338 e. The van der Waals surface area contributed by atoms with Crippen molar-refractivity contribution >= 4 is 29.3 Å². The number of esters is 1. The van der Waals surface area contributed by atoms with Gasteiger partial charge in [0.15, 0.2) is 12.4 Å². The first-order chi connectivity index (χ1) is 13.5. The number of imide groups is 1. The minimum atomic E-state index is -0.683. The van der Waals surface area contributed by atoms with Crippen LogP contribution in [0.2, 0.25) is 0 Å². The standard InChI is InChI=1S/C22H21NO5/c1-2-4-15-7-9-16(10-8-15)19(24)14-28-22(27)17-5-3-6-18(13-17)23-20(25)11-12-21(23)26/h3,5-10,13H,2,4,11-12,14H2,1H3. The topological polar surface area (TPSA) is 80.8 Å². The number of Topliss-reactive ketones (excluding diaryl/α,β-unsaturated/α-hetero) is 1. The summed E-state index contributed by atoms with van der Waals surface area (Å²) < 4.78 is 5.12. The Labute approximate surface area is 163 Å². The minimum Gasteiger partial charge on any atom is -0.454 e. The van der Waals surface area contributed by atoms with E-state index in [0.29, 0.717) is 11.3 Å². The lowest BCUT2D eigenvalue weighted by atomic mass is 10.1. The molecule has 3 rings (SSSR count). The number of carbonyl (C=O) groups excluding carboxylic acids is 4. The van der Waals surface area contributed by atoms with E-state index in [4.69, 9.17) is 4.74 Å². The predicted molar refractivity (Wildman–Crippen MR) is 103 cm³/mol. The van der Waals surface area contributed by atoms with Crippen LogP contribution in [0.15, 0.2) is 48.5 Å². The summed E-state index contributed by atoms with van der Waals surface area (Å²) in [7, 11) is 0. The summed E-state index contributed by atoms with van der Waals surface area (Å²) in [5.41, 5.74) is 2.14. The molecule has 1 heterocycles. The third kappa shape index (κ3) is 4.34. The summed E-state index contributed by atoms with van der Waals surface area (Å²) in [5.74, 6) is -1.57. The molecule has 0 atom stereocenters. The molecule has 6 nitrogen and oxygen atoms in total. The molecule has 0 aromatic heterocycles. The Balaban J connectivity index is 1.63. The first-order valence-electron chi connectivity index (χ1n) is 9.24. The van der Waals surface area contributed by atoms with Crippen molar-refractivity contribution in [3.8, 4) is 0 Å². The lowest BCUT2D eigenvalue weighted by molar-refractivity contribution is -0.121. The maximum atomic E-state index is 12.3. The number of aryl methyl sites for hydroxylation is 1. The molecular weight excluding hydrogens is 358 g/mol. The molecular formula is C22H21NO5. The highest BCUT2D eigenvalue weighted by molar-refractivity contribution is 6.20. The van der Waals surface area contributed by atoms with E-state index < -0.39 is 5.97 Å². The second kappa shape index (κ2) is 8.61. The fourth-order valence-corrected chi connectivity index (χ4v) is 3.08. The molecule has 28 heavy (non-hydrogen) atoms. The average molecular weight is 379 g/mol. The smallest absolute Gasteiger partial charge is 0.338 e. The van der Waals surface area contributed by atoms with Crippen LogP contribution in [0.25, 0.3) is 0 Å². The van der Waals surface area contributed by atoms with Crippen molar-refractivity contribution in [1.82, 2.24) is 0 Å². The highest BCUT2D eigenvalue weighted by Gasteiger charge is 2.30. The van der Waals surface area contributed by atoms with E-state index in [0.717, 1.165) is 23.3 Å². The lowest BCUT2D eigenvalue weighted by Gasteiger charge is -2.14. The molecule has 0 bridgehead atoms. The molecule has 1 aliphatic rings. The Bertz CT molecular complexity index is 901. The Kier molecular flexibility index (Phi) is 5.99. The van der Waals surface area contributed by atoms with Crippen LogP contribution < -0.4 is 4.90 Å². The van der Waals surface area contributed by atoms with Gasteiger partial charge in [-0.1, -0.05) is 43.7 Å². The van der Waals surface area contributed by atoms with Crippen molar-refractivity contribution in [3.05, 3.63) is 65.2 Å². The predicted octanol–water partition coefficient (Wildman–Crippen LogP) is 3.33. The van der Waals surface area contributed by atoms with Crippen LogP contribution in [0, 0.1) is 0 Å². The van der Waals surface area contributed by atoms with Crippen molar-refractivity contribution in [2.45, 2.75) is 32.6 Å². The van der Waals surface area contributed by atoms with E-state index >= 15 is 0 Å². The summed E-state index contributed by atoms with van der Waals surface area (Å²) in [6.07, 6.45) is 2.30. The zero-order valence-electron chi connectivity index (χ0n) is 15.6. The van der Waals surface area contributed by atoms with Gasteiger partial charge in [0, 0.05) is 18.4 Å². The molecule has 144 valence electrons. The van der Waals surface area contributed by atoms with Gasteiger partial charge in [-0.05, 0) is 30.2 Å². The quantitative estimate of drug-likeness (QED) is 0.419. The second-order valence-corrected chi connectivity index (χ2v) is 6.62. The van der Waals surface area contributed by atoms with Gasteiger partial charge in [0.1, 0.15) is 0 Å². The number of ether oxygens (including phenoxy) is 1. The lowest BCUT2D eigenvalue weighted by Crippen LogP contribution is -2.28. The number of hydrogen-bond donors (Lipinski definition) is 0. The van der Waals surface area contributed by atoms with Crippen molar-refractivity contribution in [3.63, 3.8) is 0 Å². The van der Waals surface area contributed by atoms with Crippen LogP contribution >= 0.6 is 0 Å². The normalized spacial score (nSPS) is 13.7. The van der Waals surface area contributed by atoms with Crippen molar-refractivity contribution in [1.29, 1.82) is 0 Å². The van der Waals surface area contributed by atoms with E-state index in [9.17, 15) is 19.2 Å². The van der Waals surface area contributed by atoms with Crippen LogP contribution in [0.3, 0.4) is 0 Å². The largest absolute Gasteiger partial charge is 0.454 e. The molecule has 1 fully saturated rings. The number of rotatable bonds is 7. The molecule has 1 saturated heterocycles. The summed E-state index contributed by atoms with van der Waals surface area (Å²) in [4.78, 5) is 49.3. The van der Waals surface area contributed by atoms with Crippen LogP contribution in [0.4, 0.5) is 5.69 Å². The third-order valence-electron chi connectivity index (χ3n) is 4.54. The number of hydrogen-bond acceptors (Lipinski definition) is 5. The minimum absolute atomic E-state index is 0.166. The number of carbonyl (C=O) groups is 4. The Morgan fingerprint density at radius 1 is 0.964 bits per heavy atom. The van der Waals surface area contributed by atoms with Gasteiger partial charge in [-0.25, -0.2) is 4.79 Å². The van der Waals surface area contributed by atoms with Gasteiger partial charge in [-0.2, -0.15) is 0 Å². The van der Waals surface area contributed by atoms with E-state index in [1.807, 2.05) is 12.1 Å².